The van der Waals surface area contributed by atoms with E-state index in [1.807, 2.05) is 36.4 Å². The summed E-state index contributed by atoms with van der Waals surface area (Å²) in [6.45, 7) is 0. The van der Waals surface area contributed by atoms with Crippen molar-refractivity contribution in [3.8, 4) is 0 Å². The van der Waals surface area contributed by atoms with Crippen LogP contribution in [0.25, 0.3) is 10.8 Å². The van der Waals surface area contributed by atoms with Gasteiger partial charge in [0.1, 0.15) is 11.7 Å². The molecule has 0 saturated carbocycles. The number of carbonyl (C=O) groups is 2. The maximum atomic E-state index is 13.3. The van der Waals surface area contributed by atoms with E-state index < -0.39 is 22.9 Å². The molecule has 4 aromatic rings. The number of anilines is 2. The summed E-state index contributed by atoms with van der Waals surface area (Å²) in [5.41, 5.74) is 0.812. The average Bonchev–Trinajstić information content (AvgIpc) is 2.85. The number of nitrogens with zero attached hydrogens (tertiary/aromatic N) is 2. The summed E-state index contributed by atoms with van der Waals surface area (Å²) in [7, 11) is 0. The van der Waals surface area contributed by atoms with Gasteiger partial charge in [0.2, 0.25) is 0 Å². The summed E-state index contributed by atoms with van der Waals surface area (Å²) < 4.78 is 0.919. The van der Waals surface area contributed by atoms with Crippen LogP contribution in [0.15, 0.2) is 97.1 Å². The molecule has 1 atom stereocenters. The van der Waals surface area contributed by atoms with E-state index in [1.54, 1.807) is 42.5 Å². The van der Waals surface area contributed by atoms with Gasteiger partial charge in [-0.05, 0) is 34.5 Å². The zero-order chi connectivity index (χ0) is 24.1. The van der Waals surface area contributed by atoms with Gasteiger partial charge in [-0.15, -0.1) is 0 Å². The number of thiol groups is 1. The average molecular weight is 473 g/mol. The van der Waals surface area contributed by atoms with Crippen molar-refractivity contribution < 1.29 is 14.5 Å². The van der Waals surface area contributed by atoms with Crippen LogP contribution in [0.4, 0.5) is 21.9 Å². The van der Waals surface area contributed by atoms with Gasteiger partial charge < -0.3 is 10.6 Å². The predicted molar refractivity (Wildman–Crippen MR) is 135 cm³/mol. The Hall–Kier alpha value is -4.37. The van der Waals surface area contributed by atoms with Crippen molar-refractivity contribution in [3.63, 3.8) is 0 Å². The largest absolute Gasteiger partial charge is 0.332 e. The second kappa shape index (κ2) is 10.1. The van der Waals surface area contributed by atoms with Crippen molar-refractivity contribution in [1.82, 2.24) is 4.31 Å². The molecule has 3 amide bonds. The first-order valence-electron chi connectivity index (χ1n) is 10.3. The number of rotatable bonds is 6. The smallest absolute Gasteiger partial charge is 0.324 e. The number of nitrogens with one attached hydrogen (secondary N) is 2. The lowest BCUT2D eigenvalue weighted by Crippen LogP contribution is -2.38. The molecule has 0 saturated heterocycles. The highest BCUT2D eigenvalue weighted by Crippen LogP contribution is 2.29. The van der Waals surface area contributed by atoms with Crippen LogP contribution in [0.1, 0.15) is 11.6 Å². The molecule has 0 spiro atoms. The van der Waals surface area contributed by atoms with Gasteiger partial charge in [0.15, 0.2) is 0 Å². The first-order valence-corrected chi connectivity index (χ1v) is 10.7. The number of carbonyl (C=O) groups excluding carboxylic acids is 2. The Bertz CT molecular complexity index is 1360. The van der Waals surface area contributed by atoms with Crippen LogP contribution in [0.5, 0.6) is 0 Å². The lowest BCUT2D eigenvalue weighted by atomic mass is 10.1. The fraction of sp³-hybridized carbons (Fsp3) is 0.0400. The van der Waals surface area contributed by atoms with Crippen molar-refractivity contribution in [2.24, 2.45) is 0 Å². The van der Waals surface area contributed by atoms with Crippen LogP contribution in [-0.2, 0) is 4.79 Å². The van der Waals surface area contributed by atoms with E-state index in [-0.39, 0.29) is 11.4 Å². The molecule has 9 heteroatoms. The molecule has 34 heavy (non-hydrogen) atoms. The molecular weight excluding hydrogens is 452 g/mol. The van der Waals surface area contributed by atoms with E-state index in [4.69, 9.17) is 0 Å². The molecule has 4 rings (SSSR count). The highest BCUT2D eigenvalue weighted by Gasteiger charge is 2.31. The maximum absolute atomic E-state index is 13.3. The molecule has 2 N–H and O–H groups in total. The molecule has 170 valence electrons. The molecule has 8 nitrogen and oxygen atoms in total. The number of benzene rings is 4. The monoisotopic (exact) mass is 472 g/mol. The fourth-order valence-electron chi connectivity index (χ4n) is 3.54. The molecular formula is C25H20N4O4S. The van der Waals surface area contributed by atoms with Crippen LogP contribution in [0, 0.1) is 10.1 Å². The summed E-state index contributed by atoms with van der Waals surface area (Å²) in [4.78, 5) is 37.0. The van der Waals surface area contributed by atoms with Gasteiger partial charge in [-0.3, -0.25) is 19.2 Å². The van der Waals surface area contributed by atoms with Gasteiger partial charge in [0, 0.05) is 11.8 Å². The van der Waals surface area contributed by atoms with Crippen LogP contribution < -0.4 is 10.6 Å². The van der Waals surface area contributed by atoms with Gasteiger partial charge in [0.25, 0.3) is 11.6 Å². The third kappa shape index (κ3) is 5.00. The van der Waals surface area contributed by atoms with Crippen molar-refractivity contribution in [3.05, 3.63) is 113 Å². The zero-order valence-corrected chi connectivity index (χ0v) is 18.7. The molecule has 0 aliphatic rings. The van der Waals surface area contributed by atoms with Crippen molar-refractivity contribution in [1.29, 1.82) is 0 Å². The quantitative estimate of drug-likeness (QED) is 0.187. The number of nitro benzene ring substituents is 1. The van der Waals surface area contributed by atoms with Crippen molar-refractivity contribution in [2.45, 2.75) is 6.04 Å². The molecule has 0 aliphatic carbocycles. The molecule has 0 aliphatic heterocycles. The topological polar surface area (TPSA) is 105 Å². The number of fused-ring (bicyclic) bond motifs is 1. The standard InChI is InChI=1S/C25H20N4O4S/c30-24(26-20-15-14-17-8-4-5-11-19(17)16-20)23(18-9-2-1-3-10-18)28(34)25(31)27-21-12-6-7-13-22(21)29(32)33/h1-16,23,34H,(H,26,30)(H,27,31). The molecule has 0 bridgehead atoms. The number of nitro groups is 1. The predicted octanol–water partition coefficient (Wildman–Crippen LogP) is 5.81. The summed E-state index contributed by atoms with van der Waals surface area (Å²) in [6.07, 6.45) is 0. The lowest BCUT2D eigenvalue weighted by Gasteiger charge is -2.26. The SMILES string of the molecule is O=C(Nc1ccc2ccccc2c1)C(c1ccccc1)N(S)C(=O)Nc1ccccc1[N+](=O)[O-]. The molecule has 0 fully saturated rings. The number of hydrogen-bond acceptors (Lipinski definition) is 5. The van der Waals surface area contributed by atoms with Gasteiger partial charge >= 0.3 is 6.03 Å². The third-order valence-electron chi connectivity index (χ3n) is 5.18. The maximum Gasteiger partial charge on any atom is 0.332 e. The summed E-state index contributed by atoms with van der Waals surface area (Å²) in [5, 5.41) is 18.6. The number of para-hydroxylation sites is 2. The highest BCUT2D eigenvalue weighted by atomic mass is 32.1. The van der Waals surface area contributed by atoms with E-state index in [2.05, 4.69) is 23.4 Å². The van der Waals surface area contributed by atoms with Gasteiger partial charge in [-0.1, -0.05) is 85.6 Å². The van der Waals surface area contributed by atoms with E-state index in [0.717, 1.165) is 15.1 Å². The first kappa shape index (κ1) is 22.8. The van der Waals surface area contributed by atoms with Crippen LogP contribution >= 0.6 is 12.8 Å². The van der Waals surface area contributed by atoms with E-state index in [9.17, 15) is 19.7 Å². The molecule has 0 heterocycles. The zero-order valence-electron chi connectivity index (χ0n) is 17.8. The third-order valence-corrected chi connectivity index (χ3v) is 5.59. The second-order valence-corrected chi connectivity index (χ2v) is 7.84. The number of urea groups is 1. The van der Waals surface area contributed by atoms with E-state index in [0.29, 0.717) is 11.3 Å². The van der Waals surface area contributed by atoms with Crippen LogP contribution in [0.2, 0.25) is 0 Å². The molecule has 1 unspecified atom stereocenters. The van der Waals surface area contributed by atoms with E-state index >= 15 is 0 Å². The second-order valence-electron chi connectivity index (χ2n) is 7.41. The van der Waals surface area contributed by atoms with Gasteiger partial charge in [-0.25, -0.2) is 4.79 Å². The van der Waals surface area contributed by atoms with Crippen LogP contribution in [0.3, 0.4) is 0 Å². The minimum absolute atomic E-state index is 0.00157. The lowest BCUT2D eigenvalue weighted by molar-refractivity contribution is -0.383. The van der Waals surface area contributed by atoms with Crippen LogP contribution in [-0.4, -0.2) is 21.2 Å². The molecule has 4 aromatic carbocycles. The minimum Gasteiger partial charge on any atom is -0.324 e. The Kier molecular flexibility index (Phi) is 6.74. The Balaban J connectivity index is 1.61. The summed E-state index contributed by atoms with van der Waals surface area (Å²) >= 11 is 4.30. The molecule has 0 aromatic heterocycles. The van der Waals surface area contributed by atoms with Gasteiger partial charge in [0.05, 0.1) is 4.92 Å². The van der Waals surface area contributed by atoms with E-state index in [1.165, 1.54) is 18.2 Å². The Morgan fingerprint density at radius 3 is 2.21 bits per heavy atom. The Morgan fingerprint density at radius 2 is 1.47 bits per heavy atom. The van der Waals surface area contributed by atoms with Gasteiger partial charge in [-0.2, -0.15) is 0 Å². The number of amides is 3. The Morgan fingerprint density at radius 1 is 0.824 bits per heavy atom. The normalized spacial score (nSPS) is 11.4. The summed E-state index contributed by atoms with van der Waals surface area (Å²) in [6, 6.07) is 25.8. The first-order chi connectivity index (χ1) is 16.4. The fourth-order valence-corrected chi connectivity index (χ4v) is 3.83. The van der Waals surface area contributed by atoms with Crippen molar-refractivity contribution >= 4 is 52.6 Å². The number of hydrogen-bond donors (Lipinski definition) is 3. The summed E-state index contributed by atoms with van der Waals surface area (Å²) in [5.74, 6) is -0.491. The van der Waals surface area contributed by atoms with Crippen molar-refractivity contribution in [2.75, 3.05) is 10.6 Å². The Labute approximate surface area is 200 Å². The molecule has 0 radical (unpaired) electrons. The minimum atomic E-state index is -1.11. The highest BCUT2D eigenvalue weighted by molar-refractivity contribution is 7.78.